The van der Waals surface area contributed by atoms with E-state index in [0.717, 1.165) is 24.3 Å². The first-order chi connectivity index (χ1) is 14.1. The van der Waals surface area contributed by atoms with E-state index in [4.69, 9.17) is 15.2 Å². The van der Waals surface area contributed by atoms with Crippen molar-refractivity contribution >= 4 is 23.0 Å². The van der Waals surface area contributed by atoms with Crippen molar-refractivity contribution in [1.29, 1.82) is 0 Å². The van der Waals surface area contributed by atoms with E-state index in [-0.39, 0.29) is 17.9 Å². The monoisotopic (exact) mass is 396 g/mol. The summed E-state index contributed by atoms with van der Waals surface area (Å²) >= 11 is 0. The molecule has 0 bridgehead atoms. The summed E-state index contributed by atoms with van der Waals surface area (Å²) in [7, 11) is 1.64. The fourth-order valence-electron chi connectivity index (χ4n) is 3.57. The maximum absolute atomic E-state index is 11.4. The average Bonchev–Trinajstić information content (AvgIpc) is 3.36. The minimum absolute atomic E-state index is 0.0774. The van der Waals surface area contributed by atoms with Crippen molar-refractivity contribution in [3.05, 3.63) is 36.8 Å². The predicted molar refractivity (Wildman–Crippen MR) is 108 cm³/mol. The van der Waals surface area contributed by atoms with Gasteiger partial charge in [0.25, 0.3) is 0 Å². The first kappa shape index (κ1) is 19.1. The fourth-order valence-corrected chi connectivity index (χ4v) is 3.57. The number of benzene rings is 1. The number of nitrogens with two attached hydrogens (primary N) is 1. The number of imidazole rings is 1. The van der Waals surface area contributed by atoms with Gasteiger partial charge in [-0.2, -0.15) is 4.98 Å². The van der Waals surface area contributed by atoms with Crippen LogP contribution in [-0.4, -0.2) is 51.8 Å². The molecule has 29 heavy (non-hydrogen) atoms. The molecule has 0 aliphatic heterocycles. The smallest absolute Gasteiger partial charge is 0.224 e. The number of fused-ring (bicyclic) bond motifs is 1. The van der Waals surface area contributed by atoms with Crippen molar-refractivity contribution in [2.75, 3.05) is 25.6 Å². The second-order valence-corrected chi connectivity index (χ2v) is 7.11. The van der Waals surface area contributed by atoms with Crippen LogP contribution in [0.4, 0.5) is 5.95 Å². The number of methoxy groups -OCH3 is 1. The Balaban J connectivity index is 1.51. The second kappa shape index (κ2) is 8.44. The topological polar surface area (TPSA) is 117 Å². The molecule has 0 spiro atoms. The van der Waals surface area contributed by atoms with Crippen LogP contribution in [0, 0.1) is 5.92 Å². The molecule has 0 unspecified atom stereocenters. The molecule has 0 saturated heterocycles. The number of nitrogens with zero attached hydrogens (tertiary/aromatic N) is 4. The van der Waals surface area contributed by atoms with E-state index in [9.17, 15) is 4.79 Å². The molecule has 3 aromatic rings. The summed E-state index contributed by atoms with van der Waals surface area (Å²) in [4.78, 5) is 24.8. The number of ether oxygens (including phenoxy) is 2. The molecule has 1 aliphatic rings. The first-order valence-corrected chi connectivity index (χ1v) is 9.62. The Morgan fingerprint density at radius 1 is 1.24 bits per heavy atom. The molecular formula is C20H24N6O3. The number of rotatable bonds is 8. The lowest BCUT2D eigenvalue weighted by atomic mass is 10.1. The van der Waals surface area contributed by atoms with Crippen LogP contribution < -0.4 is 15.8 Å². The zero-order valence-electron chi connectivity index (χ0n) is 16.2. The number of primary amides is 1. The van der Waals surface area contributed by atoms with Gasteiger partial charge in [0.05, 0.1) is 12.8 Å². The highest BCUT2D eigenvalue weighted by Gasteiger charge is 2.28. The SMILES string of the molecule is COCCOc1ccc(-n2cnc3cnc(N[C@@H]4CC[C@@H](C(N)=O)C4)nc32)cc1. The molecule has 1 aliphatic carbocycles. The van der Waals surface area contributed by atoms with Crippen molar-refractivity contribution in [2.24, 2.45) is 11.7 Å². The van der Waals surface area contributed by atoms with Gasteiger partial charge in [0.2, 0.25) is 11.9 Å². The summed E-state index contributed by atoms with van der Waals surface area (Å²) in [6.45, 7) is 1.05. The summed E-state index contributed by atoms with van der Waals surface area (Å²) < 4.78 is 12.5. The Bertz CT molecular complexity index is 988. The molecule has 2 aromatic heterocycles. The highest BCUT2D eigenvalue weighted by molar-refractivity contribution is 5.77. The quantitative estimate of drug-likeness (QED) is 0.559. The fraction of sp³-hybridized carbons (Fsp3) is 0.400. The van der Waals surface area contributed by atoms with Crippen LogP contribution in [0.25, 0.3) is 16.9 Å². The number of hydrogen-bond acceptors (Lipinski definition) is 7. The van der Waals surface area contributed by atoms with Crippen molar-refractivity contribution < 1.29 is 14.3 Å². The summed E-state index contributed by atoms with van der Waals surface area (Å²) in [5.41, 5.74) is 7.75. The zero-order valence-corrected chi connectivity index (χ0v) is 16.2. The van der Waals surface area contributed by atoms with E-state index in [2.05, 4.69) is 20.3 Å². The van der Waals surface area contributed by atoms with Crippen LogP contribution in [0.15, 0.2) is 36.8 Å². The van der Waals surface area contributed by atoms with E-state index in [0.29, 0.717) is 36.7 Å². The van der Waals surface area contributed by atoms with Crippen LogP contribution in [0.5, 0.6) is 5.75 Å². The molecule has 1 fully saturated rings. The van der Waals surface area contributed by atoms with Crippen LogP contribution in [0.1, 0.15) is 19.3 Å². The standard InChI is InChI=1S/C20H24N6O3/c1-28-8-9-29-16-6-4-15(5-7-16)26-12-23-17-11-22-20(25-19(17)26)24-14-3-2-13(10-14)18(21)27/h4-7,11-14H,2-3,8-10H2,1H3,(H2,21,27)(H,22,24,25)/t13-,14-/m1/s1. The van der Waals surface area contributed by atoms with Crippen LogP contribution in [0.2, 0.25) is 0 Å². The van der Waals surface area contributed by atoms with Crippen molar-refractivity contribution in [3.8, 4) is 11.4 Å². The van der Waals surface area contributed by atoms with E-state index in [1.165, 1.54) is 0 Å². The summed E-state index contributed by atoms with van der Waals surface area (Å²) in [6, 6.07) is 7.85. The number of nitrogens with one attached hydrogen (secondary N) is 1. The van der Waals surface area contributed by atoms with Gasteiger partial charge in [0.1, 0.15) is 24.2 Å². The summed E-state index contributed by atoms with van der Waals surface area (Å²) in [5.74, 6) is 0.983. The van der Waals surface area contributed by atoms with Gasteiger partial charge in [0, 0.05) is 24.8 Å². The van der Waals surface area contributed by atoms with Gasteiger partial charge in [-0.25, -0.2) is 9.97 Å². The van der Waals surface area contributed by atoms with Crippen molar-refractivity contribution in [2.45, 2.75) is 25.3 Å². The van der Waals surface area contributed by atoms with Gasteiger partial charge in [-0.1, -0.05) is 0 Å². The summed E-state index contributed by atoms with van der Waals surface area (Å²) in [6.07, 6.45) is 5.80. The molecule has 3 N–H and O–H groups in total. The minimum atomic E-state index is -0.238. The number of hydrogen-bond donors (Lipinski definition) is 2. The van der Waals surface area contributed by atoms with Crippen LogP contribution in [-0.2, 0) is 9.53 Å². The van der Waals surface area contributed by atoms with Crippen molar-refractivity contribution in [3.63, 3.8) is 0 Å². The lowest BCUT2D eigenvalue weighted by Gasteiger charge is -2.12. The molecule has 4 rings (SSSR count). The molecule has 1 aromatic carbocycles. The Labute approximate surface area is 168 Å². The highest BCUT2D eigenvalue weighted by Crippen LogP contribution is 2.27. The third-order valence-electron chi connectivity index (χ3n) is 5.13. The van der Waals surface area contributed by atoms with Gasteiger partial charge in [0.15, 0.2) is 5.65 Å². The predicted octanol–water partition coefficient (Wildman–Crippen LogP) is 1.91. The highest BCUT2D eigenvalue weighted by atomic mass is 16.5. The third kappa shape index (κ3) is 4.29. The van der Waals surface area contributed by atoms with Gasteiger partial charge >= 0.3 is 0 Å². The lowest BCUT2D eigenvalue weighted by Crippen LogP contribution is -2.23. The Morgan fingerprint density at radius 3 is 2.79 bits per heavy atom. The Kier molecular flexibility index (Phi) is 5.57. The molecule has 9 heteroatoms. The number of aromatic nitrogens is 4. The minimum Gasteiger partial charge on any atom is -0.491 e. The van der Waals surface area contributed by atoms with E-state index in [1.807, 2.05) is 28.8 Å². The van der Waals surface area contributed by atoms with Crippen LogP contribution in [0.3, 0.4) is 0 Å². The van der Waals surface area contributed by atoms with E-state index >= 15 is 0 Å². The lowest BCUT2D eigenvalue weighted by molar-refractivity contribution is -0.121. The molecule has 2 atom stereocenters. The van der Waals surface area contributed by atoms with Gasteiger partial charge < -0.3 is 20.5 Å². The molecule has 1 amide bonds. The largest absolute Gasteiger partial charge is 0.491 e. The number of carbonyl (C=O) groups excluding carboxylic acids is 1. The van der Waals surface area contributed by atoms with Crippen molar-refractivity contribution in [1.82, 2.24) is 19.5 Å². The van der Waals surface area contributed by atoms with Crippen LogP contribution >= 0.6 is 0 Å². The first-order valence-electron chi connectivity index (χ1n) is 9.62. The second-order valence-electron chi connectivity index (χ2n) is 7.11. The van der Waals surface area contributed by atoms with Gasteiger partial charge in [-0.15, -0.1) is 0 Å². The summed E-state index contributed by atoms with van der Waals surface area (Å²) in [5, 5.41) is 3.32. The van der Waals surface area contributed by atoms with E-state index in [1.54, 1.807) is 19.6 Å². The molecule has 2 heterocycles. The number of anilines is 1. The number of amides is 1. The number of carbonyl (C=O) groups is 1. The molecule has 152 valence electrons. The Hall–Kier alpha value is -3.20. The maximum Gasteiger partial charge on any atom is 0.224 e. The average molecular weight is 396 g/mol. The molecule has 0 radical (unpaired) electrons. The van der Waals surface area contributed by atoms with Gasteiger partial charge in [-0.05, 0) is 43.5 Å². The zero-order chi connectivity index (χ0) is 20.2. The van der Waals surface area contributed by atoms with Gasteiger partial charge in [-0.3, -0.25) is 9.36 Å². The molecular weight excluding hydrogens is 372 g/mol. The van der Waals surface area contributed by atoms with E-state index < -0.39 is 0 Å². The third-order valence-corrected chi connectivity index (χ3v) is 5.13. The molecule has 1 saturated carbocycles. The Morgan fingerprint density at radius 2 is 2.07 bits per heavy atom. The maximum atomic E-state index is 11.4. The molecule has 9 nitrogen and oxygen atoms in total. The normalized spacial score (nSPS) is 18.8.